The monoisotopic (exact) mass is 584 g/mol. The predicted molar refractivity (Wildman–Crippen MR) is 170 cm³/mol. The van der Waals surface area contributed by atoms with E-state index in [4.69, 9.17) is 23.5 Å². The zero-order chi connectivity index (χ0) is 29.0. The quantitative estimate of drug-likeness (QED) is 0.449. The van der Waals surface area contributed by atoms with Gasteiger partial charge in [0.15, 0.2) is 0 Å². The normalized spacial score (nSPS) is 23.0. The average molecular weight is 585 g/mol. The maximum atomic E-state index is 12.6. The highest BCUT2D eigenvalue weighted by atomic mass is 16.7. The minimum atomic E-state index is -0.527. The summed E-state index contributed by atoms with van der Waals surface area (Å²) in [7, 11) is -0.399. The maximum Gasteiger partial charge on any atom is 0.494 e. The molecule has 8 nitrogen and oxygen atoms in total. The molecule has 0 bridgehead atoms. The number of amides is 1. The van der Waals surface area contributed by atoms with Crippen LogP contribution in [-0.2, 0) is 23.5 Å². The van der Waals surface area contributed by atoms with Crippen LogP contribution in [0, 0.1) is 0 Å². The van der Waals surface area contributed by atoms with Crippen molar-refractivity contribution in [2.75, 3.05) is 39.5 Å². The van der Waals surface area contributed by atoms with Crippen LogP contribution in [0.4, 0.5) is 4.79 Å². The highest BCUT2D eigenvalue weighted by Gasteiger charge is 2.51. The van der Waals surface area contributed by atoms with E-state index in [0.29, 0.717) is 25.8 Å². The Morgan fingerprint density at radius 2 is 1.48 bits per heavy atom. The van der Waals surface area contributed by atoms with E-state index in [0.717, 1.165) is 30.8 Å². The summed E-state index contributed by atoms with van der Waals surface area (Å²) in [6, 6.07) is 18.7. The molecule has 2 atom stereocenters. The van der Waals surface area contributed by atoms with Gasteiger partial charge in [-0.05, 0) is 65.1 Å². The molecule has 3 fully saturated rings. The van der Waals surface area contributed by atoms with E-state index in [1.165, 1.54) is 5.56 Å². The van der Waals surface area contributed by atoms with Crippen molar-refractivity contribution in [1.82, 2.24) is 10.2 Å². The largest absolute Gasteiger partial charge is 0.494 e. The van der Waals surface area contributed by atoms with Crippen LogP contribution in [-0.4, -0.2) is 74.4 Å². The summed E-state index contributed by atoms with van der Waals surface area (Å²) < 4.78 is 28.8. The lowest BCUT2D eigenvalue weighted by atomic mass is 9.78. The third kappa shape index (κ3) is 9.04. The molecule has 0 saturated carbocycles. The van der Waals surface area contributed by atoms with Crippen LogP contribution in [0.15, 0.2) is 54.6 Å². The van der Waals surface area contributed by atoms with Crippen molar-refractivity contribution in [3.8, 4) is 0 Å². The molecule has 3 heterocycles. The Balaban J connectivity index is 0.000000369. The lowest BCUT2D eigenvalue weighted by Gasteiger charge is -2.36. The third-order valence-electron chi connectivity index (χ3n) is 7.73. The maximum absolute atomic E-state index is 12.6. The van der Waals surface area contributed by atoms with Crippen LogP contribution < -0.4 is 10.8 Å². The second kappa shape index (κ2) is 14.8. The highest BCUT2D eigenvalue weighted by Crippen LogP contribution is 2.36. The zero-order valence-corrected chi connectivity index (χ0v) is 25.1. The Bertz CT molecular complexity index is 1080. The van der Waals surface area contributed by atoms with Gasteiger partial charge in [0.2, 0.25) is 0 Å². The highest BCUT2D eigenvalue weighted by molar-refractivity contribution is 6.62. The first kappa shape index (κ1) is 35.8. The Hall–Kier alpha value is -2.43. The van der Waals surface area contributed by atoms with E-state index in [-0.39, 0.29) is 38.2 Å². The van der Waals surface area contributed by atoms with Gasteiger partial charge in [0.1, 0.15) is 5.60 Å². The first-order chi connectivity index (χ1) is 18.9. The summed E-state index contributed by atoms with van der Waals surface area (Å²) in [5.41, 5.74) is 2.01. The van der Waals surface area contributed by atoms with Crippen LogP contribution in [0.3, 0.4) is 0 Å². The zero-order valence-electron chi connectivity index (χ0n) is 25.1. The molecule has 0 aliphatic carbocycles. The topological polar surface area (TPSA) is 78.5 Å². The molecule has 0 radical (unpaired) electrons. The summed E-state index contributed by atoms with van der Waals surface area (Å²) in [5, 5.41) is 3.41. The van der Waals surface area contributed by atoms with E-state index >= 15 is 0 Å². The number of carbonyl (C=O) groups excluding carboxylic acids is 1. The summed E-state index contributed by atoms with van der Waals surface area (Å²) in [5.74, 6) is 0. The van der Waals surface area contributed by atoms with E-state index in [9.17, 15) is 4.79 Å². The molecule has 3 saturated heterocycles. The Morgan fingerprint density at radius 3 is 2.02 bits per heavy atom. The Kier molecular flexibility index (Phi) is 12.6. The van der Waals surface area contributed by atoms with Crippen molar-refractivity contribution < 1.29 is 28.3 Å². The summed E-state index contributed by atoms with van der Waals surface area (Å²) in [4.78, 5) is 14.4. The van der Waals surface area contributed by atoms with Crippen molar-refractivity contribution in [2.24, 2.45) is 0 Å². The van der Waals surface area contributed by atoms with Gasteiger partial charge in [-0.1, -0.05) is 69.5 Å². The summed E-state index contributed by atoms with van der Waals surface area (Å²) >= 11 is 0. The van der Waals surface area contributed by atoms with Gasteiger partial charge in [0.25, 0.3) is 0 Å². The number of nitrogens with zero attached hydrogens (tertiary/aromatic N) is 1. The van der Waals surface area contributed by atoms with Crippen LogP contribution in [0.25, 0.3) is 0 Å². The number of nitrogens with one attached hydrogen (secondary N) is 1. The lowest BCUT2D eigenvalue weighted by molar-refractivity contribution is -0.0331. The van der Waals surface area contributed by atoms with Crippen molar-refractivity contribution in [2.45, 2.75) is 92.2 Å². The molecule has 42 heavy (non-hydrogen) atoms. The van der Waals surface area contributed by atoms with Crippen molar-refractivity contribution in [3.63, 3.8) is 0 Å². The van der Waals surface area contributed by atoms with Crippen LogP contribution in [0.1, 0.15) is 86.5 Å². The van der Waals surface area contributed by atoms with Gasteiger partial charge in [0, 0.05) is 13.1 Å². The molecule has 0 spiro atoms. The Labute approximate surface area is 254 Å². The molecule has 1 amide bonds. The van der Waals surface area contributed by atoms with Gasteiger partial charge >= 0.3 is 13.2 Å². The Morgan fingerprint density at radius 1 is 0.881 bits per heavy atom. The number of carbonyl (C=O) groups is 1. The molecule has 2 aromatic carbocycles. The SMILES string of the molecule is C.C.CC(C)(C)OC(=O)N1CCOCC1c1ccc(B2OC(C)(C)C(C)(C)O2)cc1.c1ccc(C2COCCN2)cc1. The number of hydrogen-bond acceptors (Lipinski definition) is 7. The van der Waals surface area contributed by atoms with E-state index < -0.39 is 12.7 Å². The van der Waals surface area contributed by atoms with Crippen molar-refractivity contribution in [1.29, 1.82) is 0 Å². The second-order valence-corrected chi connectivity index (χ2v) is 12.5. The molecule has 5 rings (SSSR count). The minimum absolute atomic E-state index is 0. The molecule has 2 aromatic rings. The number of benzene rings is 2. The molecule has 3 aliphatic rings. The fraction of sp³-hybridized carbons (Fsp3) is 0.606. The smallest absolute Gasteiger partial charge is 0.444 e. The van der Waals surface area contributed by atoms with Gasteiger partial charge in [-0.2, -0.15) is 0 Å². The van der Waals surface area contributed by atoms with Crippen molar-refractivity contribution >= 4 is 18.7 Å². The molecule has 0 aromatic heterocycles. The molecule has 2 unspecified atom stereocenters. The van der Waals surface area contributed by atoms with Gasteiger partial charge in [-0.25, -0.2) is 4.79 Å². The summed E-state index contributed by atoms with van der Waals surface area (Å²) in [6.45, 7) is 17.9. The third-order valence-corrected chi connectivity index (χ3v) is 7.73. The summed E-state index contributed by atoms with van der Waals surface area (Å²) in [6.07, 6.45) is -0.309. The van der Waals surface area contributed by atoms with E-state index in [1.54, 1.807) is 4.90 Å². The minimum Gasteiger partial charge on any atom is -0.444 e. The van der Waals surface area contributed by atoms with E-state index in [1.807, 2.05) is 78.8 Å². The van der Waals surface area contributed by atoms with Crippen molar-refractivity contribution in [3.05, 3.63) is 65.7 Å². The first-order valence-corrected chi connectivity index (χ1v) is 14.3. The van der Waals surface area contributed by atoms with Gasteiger partial charge < -0.3 is 28.8 Å². The molecule has 3 aliphatic heterocycles. The predicted octanol–water partition coefficient (Wildman–Crippen LogP) is 5.91. The van der Waals surface area contributed by atoms with Crippen LogP contribution >= 0.6 is 0 Å². The molecular formula is C33H53BN2O6. The van der Waals surface area contributed by atoms with Gasteiger partial charge in [-0.15, -0.1) is 0 Å². The van der Waals surface area contributed by atoms with Crippen LogP contribution in [0.5, 0.6) is 0 Å². The lowest BCUT2D eigenvalue weighted by Crippen LogP contribution is -2.45. The number of ether oxygens (including phenoxy) is 3. The molecule has 1 N–H and O–H groups in total. The van der Waals surface area contributed by atoms with E-state index in [2.05, 4.69) is 29.6 Å². The van der Waals surface area contributed by atoms with Gasteiger partial charge in [-0.3, -0.25) is 4.90 Å². The fourth-order valence-corrected chi connectivity index (χ4v) is 4.74. The molecule has 9 heteroatoms. The first-order valence-electron chi connectivity index (χ1n) is 14.3. The van der Waals surface area contributed by atoms with Gasteiger partial charge in [0.05, 0.1) is 49.7 Å². The molecule has 234 valence electrons. The molecular weight excluding hydrogens is 531 g/mol. The fourth-order valence-electron chi connectivity index (χ4n) is 4.74. The number of morpholine rings is 2. The number of hydrogen-bond donors (Lipinski definition) is 1. The average Bonchev–Trinajstić information content (AvgIpc) is 3.15. The second-order valence-electron chi connectivity index (χ2n) is 12.5. The number of rotatable bonds is 3. The van der Waals surface area contributed by atoms with Crippen LogP contribution in [0.2, 0.25) is 0 Å². The standard InChI is InChI=1S/C21H32BNO5.C10H13NO.2CH4/c1-19(2,3)26-18(24)23-12-13-25-14-17(23)15-8-10-16(11-9-15)22-27-20(4,5)21(6,7)28-22;1-2-4-9(5-3-1)10-8-12-7-6-11-10;;/h8-11,17H,12-14H2,1-7H3;1-5,10-11H,6-8H2;2*1H4.